The average molecular weight is 281 g/mol. The molecule has 0 bridgehead atoms. The van der Waals surface area contributed by atoms with Crippen molar-refractivity contribution in [2.75, 3.05) is 13.1 Å². The summed E-state index contributed by atoms with van der Waals surface area (Å²) in [4.78, 5) is 14.3. The molecule has 1 aliphatic heterocycles. The number of rotatable bonds is 6. The van der Waals surface area contributed by atoms with Crippen molar-refractivity contribution >= 4 is 5.91 Å². The third kappa shape index (κ3) is 3.34. The molecular formula is C16H31N3O. The van der Waals surface area contributed by atoms with Crippen LogP contribution in [0, 0.1) is 5.92 Å². The Hall–Kier alpha value is -0.610. The first-order valence-electron chi connectivity index (χ1n) is 8.40. The van der Waals surface area contributed by atoms with Crippen LogP contribution in [0.3, 0.4) is 0 Å². The lowest BCUT2D eigenvalue weighted by Crippen LogP contribution is -2.55. The Balaban J connectivity index is 1.88. The molecule has 1 saturated carbocycles. The maximum absolute atomic E-state index is 11.6. The number of piperidine rings is 1. The van der Waals surface area contributed by atoms with Gasteiger partial charge in [0.15, 0.2) is 0 Å². The summed E-state index contributed by atoms with van der Waals surface area (Å²) in [6.07, 6.45) is 10.5. The summed E-state index contributed by atoms with van der Waals surface area (Å²) < 4.78 is 0. The molecule has 0 aromatic heterocycles. The Morgan fingerprint density at radius 3 is 2.75 bits per heavy atom. The van der Waals surface area contributed by atoms with Crippen molar-refractivity contribution in [1.82, 2.24) is 4.90 Å². The Labute approximate surface area is 123 Å². The standard InChI is InChI=1S/C16H31N3O/c1-2-6-14-8-3-4-11-19(14)12-9-13-7-5-10-16(13,18)15(17)20/h13-14H,2-12,18H2,1H3,(H2,17,20). The first-order chi connectivity index (χ1) is 9.58. The Morgan fingerprint density at radius 2 is 2.05 bits per heavy atom. The van der Waals surface area contributed by atoms with Gasteiger partial charge in [-0.15, -0.1) is 0 Å². The summed E-state index contributed by atoms with van der Waals surface area (Å²) in [5.41, 5.74) is 11.1. The second kappa shape index (κ2) is 6.90. The summed E-state index contributed by atoms with van der Waals surface area (Å²) in [6.45, 7) is 4.56. The second-order valence-electron chi connectivity index (χ2n) is 6.76. The van der Waals surface area contributed by atoms with Crippen molar-refractivity contribution in [1.29, 1.82) is 0 Å². The van der Waals surface area contributed by atoms with Gasteiger partial charge in [-0.05, 0) is 57.5 Å². The number of primary amides is 1. The zero-order valence-electron chi connectivity index (χ0n) is 12.9. The van der Waals surface area contributed by atoms with Crippen molar-refractivity contribution in [3.63, 3.8) is 0 Å². The number of hydrogen-bond acceptors (Lipinski definition) is 3. The molecule has 1 heterocycles. The lowest BCUT2D eigenvalue weighted by molar-refractivity contribution is -0.124. The molecule has 3 atom stereocenters. The minimum absolute atomic E-state index is 0.282. The van der Waals surface area contributed by atoms with Gasteiger partial charge in [0, 0.05) is 6.04 Å². The lowest BCUT2D eigenvalue weighted by atomic mass is 9.84. The molecule has 20 heavy (non-hydrogen) atoms. The SMILES string of the molecule is CCCC1CCCCN1CCC1CCCC1(N)C(N)=O. The fourth-order valence-corrected chi connectivity index (χ4v) is 4.17. The molecule has 1 aliphatic carbocycles. The minimum Gasteiger partial charge on any atom is -0.368 e. The van der Waals surface area contributed by atoms with Crippen LogP contribution in [0.5, 0.6) is 0 Å². The van der Waals surface area contributed by atoms with E-state index >= 15 is 0 Å². The van der Waals surface area contributed by atoms with E-state index in [-0.39, 0.29) is 11.8 Å². The van der Waals surface area contributed by atoms with Gasteiger partial charge in [-0.2, -0.15) is 0 Å². The zero-order chi connectivity index (χ0) is 14.6. The second-order valence-corrected chi connectivity index (χ2v) is 6.76. The number of nitrogens with zero attached hydrogens (tertiary/aromatic N) is 1. The number of nitrogens with two attached hydrogens (primary N) is 2. The topological polar surface area (TPSA) is 72.3 Å². The molecule has 3 unspecified atom stereocenters. The van der Waals surface area contributed by atoms with Crippen LogP contribution in [-0.4, -0.2) is 35.5 Å². The molecule has 2 fully saturated rings. The number of hydrogen-bond donors (Lipinski definition) is 2. The van der Waals surface area contributed by atoms with E-state index in [0.29, 0.717) is 0 Å². The van der Waals surface area contributed by atoms with Gasteiger partial charge in [0.05, 0.1) is 5.54 Å². The summed E-state index contributed by atoms with van der Waals surface area (Å²) >= 11 is 0. The molecule has 0 radical (unpaired) electrons. The van der Waals surface area contributed by atoms with Gasteiger partial charge in [-0.25, -0.2) is 0 Å². The molecule has 4 N–H and O–H groups in total. The molecular weight excluding hydrogens is 250 g/mol. The van der Waals surface area contributed by atoms with Crippen molar-refractivity contribution in [3.8, 4) is 0 Å². The van der Waals surface area contributed by atoms with Crippen molar-refractivity contribution in [2.45, 2.75) is 76.3 Å². The predicted molar refractivity (Wildman–Crippen MR) is 82.2 cm³/mol. The quantitative estimate of drug-likeness (QED) is 0.782. The van der Waals surface area contributed by atoms with Crippen LogP contribution in [0.4, 0.5) is 0 Å². The Kier molecular flexibility index (Phi) is 5.44. The number of carbonyl (C=O) groups is 1. The molecule has 1 saturated heterocycles. The minimum atomic E-state index is -0.740. The maximum Gasteiger partial charge on any atom is 0.237 e. The average Bonchev–Trinajstić information content (AvgIpc) is 2.81. The largest absolute Gasteiger partial charge is 0.368 e. The van der Waals surface area contributed by atoms with Crippen molar-refractivity contribution in [2.24, 2.45) is 17.4 Å². The van der Waals surface area contributed by atoms with Gasteiger partial charge >= 0.3 is 0 Å². The molecule has 116 valence electrons. The summed E-state index contributed by atoms with van der Waals surface area (Å²) in [7, 11) is 0. The van der Waals surface area contributed by atoms with Gasteiger partial charge < -0.3 is 16.4 Å². The van der Waals surface area contributed by atoms with Crippen LogP contribution in [0.15, 0.2) is 0 Å². The van der Waals surface area contributed by atoms with Gasteiger partial charge in [0.25, 0.3) is 0 Å². The van der Waals surface area contributed by atoms with E-state index in [0.717, 1.165) is 38.3 Å². The fourth-order valence-electron chi connectivity index (χ4n) is 4.17. The van der Waals surface area contributed by atoms with E-state index in [1.807, 2.05) is 0 Å². The van der Waals surface area contributed by atoms with Crippen LogP contribution in [0.25, 0.3) is 0 Å². The van der Waals surface area contributed by atoms with Crippen molar-refractivity contribution < 1.29 is 4.79 Å². The highest BCUT2D eigenvalue weighted by Gasteiger charge is 2.44. The monoisotopic (exact) mass is 281 g/mol. The third-order valence-electron chi connectivity index (χ3n) is 5.47. The molecule has 4 nitrogen and oxygen atoms in total. The van der Waals surface area contributed by atoms with E-state index in [1.54, 1.807) is 0 Å². The normalized spacial score (nSPS) is 35.3. The van der Waals surface area contributed by atoms with E-state index in [9.17, 15) is 4.79 Å². The van der Waals surface area contributed by atoms with Gasteiger partial charge in [0.1, 0.15) is 0 Å². The van der Waals surface area contributed by atoms with E-state index in [1.165, 1.54) is 38.6 Å². The third-order valence-corrected chi connectivity index (χ3v) is 5.47. The molecule has 4 heteroatoms. The Morgan fingerprint density at radius 1 is 1.25 bits per heavy atom. The van der Waals surface area contributed by atoms with E-state index in [2.05, 4.69) is 11.8 Å². The van der Waals surface area contributed by atoms with Gasteiger partial charge in [-0.1, -0.05) is 26.2 Å². The zero-order valence-corrected chi connectivity index (χ0v) is 12.9. The molecule has 2 aliphatic rings. The van der Waals surface area contributed by atoms with Crippen LogP contribution in [-0.2, 0) is 4.79 Å². The van der Waals surface area contributed by atoms with Crippen LogP contribution >= 0.6 is 0 Å². The highest BCUT2D eigenvalue weighted by atomic mass is 16.1. The smallest absolute Gasteiger partial charge is 0.237 e. The fraction of sp³-hybridized carbons (Fsp3) is 0.938. The summed E-state index contributed by atoms with van der Waals surface area (Å²) in [5.74, 6) is -0.0204. The molecule has 2 rings (SSSR count). The highest BCUT2D eigenvalue weighted by molar-refractivity contribution is 5.85. The number of amides is 1. The molecule has 1 amide bonds. The number of likely N-dealkylation sites (tertiary alicyclic amines) is 1. The van der Waals surface area contributed by atoms with Crippen LogP contribution in [0.1, 0.15) is 64.7 Å². The first kappa shape index (κ1) is 15.8. The molecule has 0 aromatic carbocycles. The number of carbonyl (C=O) groups excluding carboxylic acids is 1. The van der Waals surface area contributed by atoms with Gasteiger partial charge in [0.2, 0.25) is 5.91 Å². The summed E-state index contributed by atoms with van der Waals surface area (Å²) in [5, 5.41) is 0. The Bertz CT molecular complexity index is 332. The van der Waals surface area contributed by atoms with Crippen LogP contribution in [0.2, 0.25) is 0 Å². The van der Waals surface area contributed by atoms with Crippen molar-refractivity contribution in [3.05, 3.63) is 0 Å². The van der Waals surface area contributed by atoms with E-state index in [4.69, 9.17) is 11.5 Å². The highest BCUT2D eigenvalue weighted by Crippen LogP contribution is 2.36. The molecule has 0 spiro atoms. The maximum atomic E-state index is 11.6. The first-order valence-corrected chi connectivity index (χ1v) is 8.40. The molecule has 0 aromatic rings. The van der Waals surface area contributed by atoms with Gasteiger partial charge in [-0.3, -0.25) is 4.79 Å². The lowest BCUT2D eigenvalue weighted by Gasteiger charge is -2.37. The van der Waals surface area contributed by atoms with Crippen LogP contribution < -0.4 is 11.5 Å². The van der Waals surface area contributed by atoms with E-state index < -0.39 is 5.54 Å². The summed E-state index contributed by atoms with van der Waals surface area (Å²) in [6, 6.07) is 0.746. The predicted octanol–water partition coefficient (Wildman–Crippen LogP) is 2.01.